The van der Waals surface area contributed by atoms with Crippen LogP contribution in [0.1, 0.15) is 23.2 Å². The first kappa shape index (κ1) is 10.1. The van der Waals surface area contributed by atoms with Gasteiger partial charge in [-0.05, 0) is 0 Å². The van der Waals surface area contributed by atoms with Gasteiger partial charge in [0.1, 0.15) is 6.10 Å². The summed E-state index contributed by atoms with van der Waals surface area (Å²) in [5.41, 5.74) is 0.640. The Kier molecular flexibility index (Phi) is 2.92. The van der Waals surface area contributed by atoms with E-state index in [4.69, 9.17) is 4.74 Å². The van der Waals surface area contributed by atoms with Gasteiger partial charge in [0.05, 0.1) is 6.61 Å². The Bertz CT molecular complexity index is 370. The Morgan fingerprint density at radius 3 is 2.67 bits per heavy atom. The molecule has 0 N–H and O–H groups in total. The largest absolute Gasteiger partial charge is 0.370 e. The van der Waals surface area contributed by atoms with E-state index in [2.05, 4.69) is 0 Å². The van der Waals surface area contributed by atoms with E-state index in [1.807, 2.05) is 18.2 Å². The molecule has 1 aromatic rings. The van der Waals surface area contributed by atoms with Crippen molar-refractivity contribution in [1.82, 2.24) is 0 Å². The molecule has 1 unspecified atom stereocenters. The standard InChI is InChI=1S/C12H12O3/c13-10-6-7-15-12(10)8-11(14)9-4-2-1-3-5-9/h1-5,12H,6-8H2. The number of hydrogen-bond donors (Lipinski definition) is 0. The number of carbonyl (C=O) groups excluding carboxylic acids is 2. The topological polar surface area (TPSA) is 43.4 Å². The fourth-order valence-corrected chi connectivity index (χ4v) is 1.64. The first-order valence-corrected chi connectivity index (χ1v) is 5.00. The maximum atomic E-state index is 11.7. The first-order valence-electron chi connectivity index (χ1n) is 5.00. The summed E-state index contributed by atoms with van der Waals surface area (Å²) in [7, 11) is 0. The molecule has 1 heterocycles. The van der Waals surface area contributed by atoms with Gasteiger partial charge >= 0.3 is 0 Å². The van der Waals surface area contributed by atoms with E-state index in [1.165, 1.54) is 0 Å². The number of benzene rings is 1. The molecule has 3 heteroatoms. The van der Waals surface area contributed by atoms with Gasteiger partial charge in [-0.3, -0.25) is 9.59 Å². The first-order chi connectivity index (χ1) is 7.27. The minimum atomic E-state index is -0.516. The molecular weight excluding hydrogens is 192 g/mol. The summed E-state index contributed by atoms with van der Waals surface area (Å²) in [6.07, 6.45) is 0.0907. The molecule has 0 aliphatic carbocycles. The second-order valence-electron chi connectivity index (χ2n) is 3.57. The molecule has 1 fully saturated rings. The third-order valence-electron chi connectivity index (χ3n) is 2.49. The van der Waals surface area contributed by atoms with Crippen LogP contribution in [-0.4, -0.2) is 24.3 Å². The number of ketones is 2. The third kappa shape index (κ3) is 2.30. The molecule has 78 valence electrons. The monoisotopic (exact) mass is 204 g/mol. The predicted molar refractivity (Wildman–Crippen MR) is 54.8 cm³/mol. The number of carbonyl (C=O) groups is 2. The van der Waals surface area contributed by atoms with E-state index >= 15 is 0 Å². The van der Waals surface area contributed by atoms with Crippen molar-refractivity contribution < 1.29 is 14.3 Å². The van der Waals surface area contributed by atoms with Gasteiger partial charge in [-0.25, -0.2) is 0 Å². The van der Waals surface area contributed by atoms with Crippen LogP contribution in [0.15, 0.2) is 30.3 Å². The van der Waals surface area contributed by atoms with Crippen LogP contribution >= 0.6 is 0 Å². The summed E-state index contributed by atoms with van der Waals surface area (Å²) in [4.78, 5) is 23.0. The highest BCUT2D eigenvalue weighted by atomic mass is 16.5. The fraction of sp³-hybridized carbons (Fsp3) is 0.333. The summed E-state index contributed by atoms with van der Waals surface area (Å²) >= 11 is 0. The van der Waals surface area contributed by atoms with E-state index < -0.39 is 6.10 Å². The lowest BCUT2D eigenvalue weighted by Crippen LogP contribution is -2.19. The van der Waals surface area contributed by atoms with Crippen LogP contribution in [0, 0.1) is 0 Å². The number of ether oxygens (including phenoxy) is 1. The van der Waals surface area contributed by atoms with Gasteiger partial charge in [0.15, 0.2) is 11.6 Å². The smallest absolute Gasteiger partial charge is 0.165 e. The van der Waals surface area contributed by atoms with Gasteiger partial charge in [0.25, 0.3) is 0 Å². The molecule has 0 bridgehead atoms. The second-order valence-corrected chi connectivity index (χ2v) is 3.57. The molecule has 15 heavy (non-hydrogen) atoms. The van der Waals surface area contributed by atoms with E-state index in [1.54, 1.807) is 12.1 Å². The fourth-order valence-electron chi connectivity index (χ4n) is 1.64. The number of Topliss-reactive ketones (excluding diaryl/α,β-unsaturated/α-hetero) is 2. The Morgan fingerprint density at radius 1 is 1.33 bits per heavy atom. The van der Waals surface area contributed by atoms with Crippen LogP contribution < -0.4 is 0 Å². The van der Waals surface area contributed by atoms with Crippen LogP contribution in [0.5, 0.6) is 0 Å². The average molecular weight is 204 g/mol. The highest BCUT2D eigenvalue weighted by molar-refractivity contribution is 5.99. The van der Waals surface area contributed by atoms with Gasteiger partial charge in [-0.1, -0.05) is 30.3 Å². The molecule has 1 aliphatic rings. The van der Waals surface area contributed by atoms with Crippen LogP contribution in [0.3, 0.4) is 0 Å². The maximum absolute atomic E-state index is 11.7. The molecule has 3 nitrogen and oxygen atoms in total. The summed E-state index contributed by atoms with van der Waals surface area (Å²) in [5.74, 6) is 0.00938. The van der Waals surface area contributed by atoms with E-state index in [0.717, 1.165) is 0 Å². The second kappa shape index (κ2) is 4.36. The Labute approximate surface area is 88.1 Å². The predicted octanol–water partition coefficient (Wildman–Crippen LogP) is 1.62. The molecular formula is C12H12O3. The van der Waals surface area contributed by atoms with E-state index in [0.29, 0.717) is 18.6 Å². The highest BCUT2D eigenvalue weighted by Gasteiger charge is 2.27. The van der Waals surface area contributed by atoms with Crippen LogP contribution in [0.2, 0.25) is 0 Å². The van der Waals surface area contributed by atoms with Crippen molar-refractivity contribution >= 4 is 11.6 Å². The summed E-state index contributed by atoms with van der Waals surface area (Å²) in [5, 5.41) is 0. The SMILES string of the molecule is O=C(CC1OCCC1=O)c1ccccc1. The molecule has 1 saturated heterocycles. The van der Waals surface area contributed by atoms with E-state index in [-0.39, 0.29) is 18.0 Å². The molecule has 0 saturated carbocycles. The molecule has 0 radical (unpaired) electrons. The lowest BCUT2D eigenvalue weighted by Gasteiger charge is -2.06. The minimum absolute atomic E-state index is 0.0316. The quantitative estimate of drug-likeness (QED) is 0.702. The third-order valence-corrected chi connectivity index (χ3v) is 2.49. The van der Waals surface area contributed by atoms with Gasteiger partial charge in [-0.2, -0.15) is 0 Å². The van der Waals surface area contributed by atoms with E-state index in [9.17, 15) is 9.59 Å². The van der Waals surface area contributed by atoms with Crippen molar-refractivity contribution in [3.8, 4) is 0 Å². The summed E-state index contributed by atoms with van der Waals surface area (Å²) in [6.45, 7) is 0.450. The zero-order valence-corrected chi connectivity index (χ0v) is 8.31. The molecule has 0 spiro atoms. The molecule has 0 aromatic heterocycles. The number of rotatable bonds is 3. The number of hydrogen-bond acceptors (Lipinski definition) is 3. The molecule has 1 atom stereocenters. The van der Waals surface area contributed by atoms with Gasteiger partial charge in [0, 0.05) is 18.4 Å². The summed E-state index contributed by atoms with van der Waals surface area (Å²) < 4.78 is 5.19. The Morgan fingerprint density at radius 2 is 2.07 bits per heavy atom. The molecule has 0 amide bonds. The maximum Gasteiger partial charge on any atom is 0.165 e. The van der Waals surface area contributed by atoms with Crippen molar-refractivity contribution in [3.63, 3.8) is 0 Å². The summed E-state index contributed by atoms with van der Waals surface area (Å²) in [6, 6.07) is 8.98. The molecule has 1 aliphatic heterocycles. The van der Waals surface area contributed by atoms with Crippen LogP contribution in [0.25, 0.3) is 0 Å². The normalized spacial score (nSPS) is 20.5. The minimum Gasteiger partial charge on any atom is -0.370 e. The molecule has 1 aromatic carbocycles. The van der Waals surface area contributed by atoms with Crippen molar-refractivity contribution in [2.45, 2.75) is 18.9 Å². The van der Waals surface area contributed by atoms with Crippen molar-refractivity contribution in [2.24, 2.45) is 0 Å². The Balaban J connectivity index is 2.01. The van der Waals surface area contributed by atoms with Gasteiger partial charge in [-0.15, -0.1) is 0 Å². The van der Waals surface area contributed by atoms with Crippen LogP contribution in [0.4, 0.5) is 0 Å². The molecule has 2 rings (SSSR count). The lowest BCUT2D eigenvalue weighted by molar-refractivity contribution is -0.122. The zero-order valence-electron chi connectivity index (χ0n) is 8.31. The highest BCUT2D eigenvalue weighted by Crippen LogP contribution is 2.14. The van der Waals surface area contributed by atoms with Crippen molar-refractivity contribution in [1.29, 1.82) is 0 Å². The lowest BCUT2D eigenvalue weighted by atomic mass is 10.0. The zero-order chi connectivity index (χ0) is 10.7. The van der Waals surface area contributed by atoms with Crippen LogP contribution in [-0.2, 0) is 9.53 Å². The van der Waals surface area contributed by atoms with Crippen molar-refractivity contribution in [3.05, 3.63) is 35.9 Å². The van der Waals surface area contributed by atoms with Crippen molar-refractivity contribution in [2.75, 3.05) is 6.61 Å². The van der Waals surface area contributed by atoms with Gasteiger partial charge in [0.2, 0.25) is 0 Å². The average Bonchev–Trinajstić information content (AvgIpc) is 2.66. The Hall–Kier alpha value is -1.48. The van der Waals surface area contributed by atoms with Gasteiger partial charge < -0.3 is 4.74 Å².